The molecule has 3 rings (SSSR count). The third-order valence-electron chi connectivity index (χ3n) is 4.89. The molecule has 1 heterocycles. The fraction of sp³-hybridized carbons (Fsp3) is 0.360. The topological polar surface area (TPSA) is 114 Å². The Labute approximate surface area is 208 Å². The average Bonchev–Trinajstić information content (AvgIpc) is 2.76. The molecule has 10 heteroatoms. The zero-order chi connectivity index (χ0) is 25.8. The lowest BCUT2D eigenvalue weighted by atomic mass is 10.2. The van der Waals surface area contributed by atoms with Crippen molar-refractivity contribution in [2.45, 2.75) is 52.7 Å². The van der Waals surface area contributed by atoms with Crippen LogP contribution in [0.3, 0.4) is 0 Å². The third-order valence-corrected chi connectivity index (χ3v) is 5.21. The number of halogens is 1. The van der Waals surface area contributed by atoms with Crippen molar-refractivity contribution in [3.63, 3.8) is 0 Å². The summed E-state index contributed by atoms with van der Waals surface area (Å²) in [5.41, 5.74) is 0.249. The standard InChI is InChI=1S/C25H30ClN5O4/c1-6-13-27-23(33)29-16-9-7-10-17(14-16)31-21(15(2)28-24(34)35-25(3,4)5)30-19-12-8-11-18(26)20(19)22(31)32/h7-12,14-15H,6,13H2,1-5H3,(H,28,34)(H2,27,29,33)/t15-/m0/s1. The van der Waals surface area contributed by atoms with E-state index in [4.69, 9.17) is 16.3 Å². The minimum absolute atomic E-state index is 0.251. The van der Waals surface area contributed by atoms with E-state index >= 15 is 0 Å². The molecule has 0 aliphatic carbocycles. The number of hydrogen-bond donors (Lipinski definition) is 3. The van der Waals surface area contributed by atoms with Crippen LogP contribution in [0.15, 0.2) is 47.3 Å². The lowest BCUT2D eigenvalue weighted by Crippen LogP contribution is -2.37. The lowest BCUT2D eigenvalue weighted by Gasteiger charge is -2.23. The van der Waals surface area contributed by atoms with Gasteiger partial charge in [0.1, 0.15) is 11.4 Å². The Morgan fingerprint density at radius 2 is 1.89 bits per heavy atom. The number of amides is 3. The molecule has 1 aromatic heterocycles. The van der Waals surface area contributed by atoms with E-state index in [1.807, 2.05) is 6.92 Å². The summed E-state index contributed by atoms with van der Waals surface area (Å²) in [6, 6.07) is 10.8. The van der Waals surface area contributed by atoms with E-state index in [-0.39, 0.29) is 22.3 Å². The van der Waals surface area contributed by atoms with Gasteiger partial charge in [0.2, 0.25) is 0 Å². The summed E-state index contributed by atoms with van der Waals surface area (Å²) < 4.78 is 6.75. The average molecular weight is 500 g/mol. The monoisotopic (exact) mass is 499 g/mol. The zero-order valence-corrected chi connectivity index (χ0v) is 21.2. The molecule has 3 N–H and O–H groups in total. The van der Waals surface area contributed by atoms with E-state index in [2.05, 4.69) is 20.9 Å². The minimum Gasteiger partial charge on any atom is -0.444 e. The molecule has 2 aromatic carbocycles. The SMILES string of the molecule is CCCNC(=O)Nc1cccc(-n2c([C@H](C)NC(=O)OC(C)(C)C)nc3cccc(Cl)c3c2=O)c1. The minimum atomic E-state index is -0.689. The van der Waals surface area contributed by atoms with Crippen molar-refractivity contribution in [3.8, 4) is 5.69 Å². The molecular weight excluding hydrogens is 470 g/mol. The van der Waals surface area contributed by atoms with Crippen molar-refractivity contribution in [3.05, 3.63) is 63.7 Å². The molecule has 0 unspecified atom stereocenters. The third kappa shape index (κ3) is 6.51. The van der Waals surface area contributed by atoms with Gasteiger partial charge in [-0.25, -0.2) is 14.6 Å². The fourth-order valence-corrected chi connectivity index (χ4v) is 3.68. The molecule has 186 valence electrons. The molecule has 3 aromatic rings. The van der Waals surface area contributed by atoms with Crippen LogP contribution in [-0.2, 0) is 4.74 Å². The van der Waals surface area contributed by atoms with Crippen LogP contribution in [0, 0.1) is 0 Å². The number of urea groups is 1. The van der Waals surface area contributed by atoms with Crippen LogP contribution in [0.25, 0.3) is 16.6 Å². The van der Waals surface area contributed by atoms with Crippen molar-refractivity contribution in [1.82, 2.24) is 20.2 Å². The smallest absolute Gasteiger partial charge is 0.408 e. The van der Waals surface area contributed by atoms with E-state index in [9.17, 15) is 14.4 Å². The maximum atomic E-state index is 13.7. The molecule has 35 heavy (non-hydrogen) atoms. The number of hydrogen-bond acceptors (Lipinski definition) is 5. The fourth-order valence-electron chi connectivity index (χ4n) is 3.43. The van der Waals surface area contributed by atoms with Crippen molar-refractivity contribution in [2.24, 2.45) is 0 Å². The van der Waals surface area contributed by atoms with Crippen molar-refractivity contribution in [2.75, 3.05) is 11.9 Å². The second kappa shape index (κ2) is 10.8. The first kappa shape index (κ1) is 26.0. The van der Waals surface area contributed by atoms with Gasteiger partial charge < -0.3 is 20.7 Å². The summed E-state index contributed by atoms with van der Waals surface area (Å²) >= 11 is 6.35. The Bertz CT molecular complexity index is 1300. The summed E-state index contributed by atoms with van der Waals surface area (Å²) in [6.45, 7) is 9.49. The van der Waals surface area contributed by atoms with Gasteiger partial charge in [-0.1, -0.05) is 30.7 Å². The predicted octanol–water partition coefficient (Wildman–Crippen LogP) is 5.16. The van der Waals surface area contributed by atoms with Gasteiger partial charge in [-0.15, -0.1) is 0 Å². The molecule has 0 spiro atoms. The first-order chi connectivity index (χ1) is 16.5. The van der Waals surface area contributed by atoms with Crippen LogP contribution < -0.4 is 21.5 Å². The normalized spacial score (nSPS) is 12.2. The maximum Gasteiger partial charge on any atom is 0.408 e. The highest BCUT2D eigenvalue weighted by Gasteiger charge is 2.23. The van der Waals surface area contributed by atoms with Gasteiger partial charge in [-0.2, -0.15) is 0 Å². The number of anilines is 1. The molecule has 0 radical (unpaired) electrons. The number of carbonyl (C=O) groups excluding carboxylic acids is 2. The number of nitrogens with one attached hydrogen (secondary N) is 3. The first-order valence-electron chi connectivity index (χ1n) is 11.4. The van der Waals surface area contributed by atoms with Crippen LogP contribution in [0.4, 0.5) is 15.3 Å². The number of nitrogens with zero attached hydrogens (tertiary/aromatic N) is 2. The maximum absolute atomic E-state index is 13.7. The van der Waals surface area contributed by atoms with E-state index in [1.165, 1.54) is 4.57 Å². The molecule has 0 fully saturated rings. The summed E-state index contributed by atoms with van der Waals surface area (Å²) in [7, 11) is 0. The summed E-state index contributed by atoms with van der Waals surface area (Å²) in [5, 5.41) is 8.76. The van der Waals surface area contributed by atoms with E-state index in [0.29, 0.717) is 23.4 Å². The molecule has 0 saturated heterocycles. The molecule has 0 aliphatic rings. The van der Waals surface area contributed by atoms with Crippen LogP contribution in [0.2, 0.25) is 5.02 Å². The molecule has 9 nitrogen and oxygen atoms in total. The van der Waals surface area contributed by atoms with Crippen LogP contribution >= 0.6 is 11.6 Å². The Morgan fingerprint density at radius 1 is 1.17 bits per heavy atom. The Hall–Kier alpha value is -3.59. The van der Waals surface area contributed by atoms with E-state index in [1.54, 1.807) is 70.2 Å². The van der Waals surface area contributed by atoms with E-state index in [0.717, 1.165) is 6.42 Å². The van der Waals surface area contributed by atoms with Gasteiger partial charge in [-0.05, 0) is 64.4 Å². The second-order valence-corrected chi connectivity index (χ2v) is 9.45. The zero-order valence-electron chi connectivity index (χ0n) is 20.4. The quantitative estimate of drug-likeness (QED) is 0.433. The predicted molar refractivity (Wildman–Crippen MR) is 137 cm³/mol. The second-order valence-electron chi connectivity index (χ2n) is 9.04. The van der Waals surface area contributed by atoms with Crippen LogP contribution in [0.1, 0.15) is 52.9 Å². The number of rotatable bonds is 6. The number of benzene rings is 2. The van der Waals surface area contributed by atoms with Gasteiger partial charge in [-0.3, -0.25) is 9.36 Å². The first-order valence-corrected chi connectivity index (χ1v) is 11.7. The van der Waals surface area contributed by atoms with E-state index < -0.39 is 23.3 Å². The van der Waals surface area contributed by atoms with Crippen LogP contribution in [0.5, 0.6) is 0 Å². The van der Waals surface area contributed by atoms with Gasteiger partial charge in [0.25, 0.3) is 5.56 Å². The van der Waals surface area contributed by atoms with Crippen LogP contribution in [-0.4, -0.2) is 33.8 Å². The highest BCUT2D eigenvalue weighted by atomic mass is 35.5. The van der Waals surface area contributed by atoms with Gasteiger partial charge >= 0.3 is 12.1 Å². The summed E-state index contributed by atoms with van der Waals surface area (Å²) in [5.74, 6) is 0.281. The highest BCUT2D eigenvalue weighted by molar-refractivity contribution is 6.35. The largest absolute Gasteiger partial charge is 0.444 e. The van der Waals surface area contributed by atoms with Gasteiger partial charge in [0.05, 0.1) is 27.7 Å². The number of ether oxygens (including phenoxy) is 1. The van der Waals surface area contributed by atoms with Crippen molar-refractivity contribution < 1.29 is 14.3 Å². The van der Waals surface area contributed by atoms with Gasteiger partial charge in [0, 0.05) is 12.2 Å². The molecule has 3 amide bonds. The molecular formula is C25H30ClN5O4. The Kier molecular flexibility index (Phi) is 8.01. The number of alkyl carbamates (subject to hydrolysis) is 1. The molecule has 1 atom stereocenters. The molecule has 0 aliphatic heterocycles. The molecule has 0 saturated carbocycles. The number of carbonyl (C=O) groups is 2. The number of aromatic nitrogens is 2. The highest BCUT2D eigenvalue weighted by Crippen LogP contribution is 2.24. The lowest BCUT2D eigenvalue weighted by molar-refractivity contribution is 0.0505. The number of fused-ring (bicyclic) bond motifs is 1. The summed E-state index contributed by atoms with van der Waals surface area (Å²) in [6.07, 6.45) is 0.165. The van der Waals surface area contributed by atoms with Crippen molar-refractivity contribution in [1.29, 1.82) is 0 Å². The molecule has 0 bridgehead atoms. The van der Waals surface area contributed by atoms with Gasteiger partial charge in [0.15, 0.2) is 0 Å². The Morgan fingerprint density at radius 3 is 2.57 bits per heavy atom. The Balaban J connectivity index is 2.10. The summed E-state index contributed by atoms with van der Waals surface area (Å²) in [4.78, 5) is 42.9. The van der Waals surface area contributed by atoms with Crippen molar-refractivity contribution >= 4 is 40.3 Å².